The summed E-state index contributed by atoms with van der Waals surface area (Å²) < 4.78 is 5.27. The Labute approximate surface area is 177 Å². The Kier molecular flexibility index (Phi) is 7.04. The van der Waals surface area contributed by atoms with E-state index in [4.69, 9.17) is 16.3 Å². The van der Waals surface area contributed by atoms with Crippen LogP contribution < -0.4 is 20.7 Å². The highest BCUT2D eigenvalue weighted by molar-refractivity contribution is 7.14. The summed E-state index contributed by atoms with van der Waals surface area (Å²) in [6.45, 7) is 0.361. The lowest BCUT2D eigenvalue weighted by atomic mass is 10.2. The molecule has 7 nitrogen and oxygen atoms in total. The molecule has 0 aliphatic heterocycles. The molecule has 0 radical (unpaired) electrons. The van der Waals surface area contributed by atoms with Gasteiger partial charge in [-0.15, -0.1) is 11.3 Å². The van der Waals surface area contributed by atoms with Crippen molar-refractivity contribution < 1.29 is 14.3 Å². The number of amides is 3. The number of thiazole rings is 1. The predicted molar refractivity (Wildman–Crippen MR) is 115 cm³/mol. The highest BCUT2D eigenvalue weighted by Crippen LogP contribution is 2.19. The third-order valence-electron chi connectivity index (χ3n) is 3.86. The SMILES string of the molecule is COc1ccccc1CNC(=O)Cc1csc(NC(=O)Nc2cccc(Cl)c2)n1. The minimum atomic E-state index is -0.436. The number of anilines is 2. The van der Waals surface area contributed by atoms with Gasteiger partial charge >= 0.3 is 6.03 Å². The molecular formula is C20H19ClN4O3S. The zero-order chi connectivity index (χ0) is 20.6. The number of para-hydroxylation sites is 1. The van der Waals surface area contributed by atoms with Crippen molar-refractivity contribution in [3.63, 3.8) is 0 Å². The number of carbonyl (C=O) groups is 2. The maximum atomic E-state index is 12.2. The molecule has 3 N–H and O–H groups in total. The third-order valence-corrected chi connectivity index (χ3v) is 4.91. The topological polar surface area (TPSA) is 92.4 Å². The molecule has 3 rings (SSSR count). The lowest BCUT2D eigenvalue weighted by Crippen LogP contribution is -2.25. The van der Waals surface area contributed by atoms with E-state index in [1.165, 1.54) is 11.3 Å². The van der Waals surface area contributed by atoms with Crippen LogP contribution in [0.25, 0.3) is 0 Å². The van der Waals surface area contributed by atoms with Crippen molar-refractivity contribution in [2.75, 3.05) is 17.7 Å². The fourth-order valence-corrected chi connectivity index (χ4v) is 3.44. The van der Waals surface area contributed by atoms with Crippen molar-refractivity contribution in [3.8, 4) is 5.75 Å². The Bertz CT molecular complexity index is 1010. The number of nitrogens with one attached hydrogen (secondary N) is 3. The molecule has 9 heteroatoms. The van der Waals surface area contributed by atoms with Crippen molar-refractivity contribution in [1.29, 1.82) is 0 Å². The highest BCUT2D eigenvalue weighted by Gasteiger charge is 2.11. The van der Waals surface area contributed by atoms with Crippen LogP contribution in [0.5, 0.6) is 5.75 Å². The number of rotatable bonds is 7. The van der Waals surface area contributed by atoms with Gasteiger partial charge in [0.1, 0.15) is 5.75 Å². The van der Waals surface area contributed by atoms with Crippen LogP contribution in [0.1, 0.15) is 11.3 Å². The van der Waals surface area contributed by atoms with Crippen LogP contribution in [-0.4, -0.2) is 24.0 Å². The van der Waals surface area contributed by atoms with E-state index in [2.05, 4.69) is 20.9 Å². The van der Waals surface area contributed by atoms with Gasteiger partial charge in [0.25, 0.3) is 0 Å². The Hall–Kier alpha value is -3.10. The van der Waals surface area contributed by atoms with E-state index < -0.39 is 6.03 Å². The minimum Gasteiger partial charge on any atom is -0.496 e. The lowest BCUT2D eigenvalue weighted by Gasteiger charge is -2.09. The summed E-state index contributed by atoms with van der Waals surface area (Å²) in [5.41, 5.74) is 2.04. The first-order chi connectivity index (χ1) is 14.0. The largest absolute Gasteiger partial charge is 0.496 e. The monoisotopic (exact) mass is 430 g/mol. The fourth-order valence-electron chi connectivity index (χ4n) is 2.54. The van der Waals surface area contributed by atoms with Gasteiger partial charge in [-0.1, -0.05) is 35.9 Å². The number of nitrogens with zero attached hydrogens (tertiary/aromatic N) is 1. The van der Waals surface area contributed by atoms with Crippen LogP contribution >= 0.6 is 22.9 Å². The van der Waals surface area contributed by atoms with Crippen molar-refractivity contribution in [2.45, 2.75) is 13.0 Å². The molecule has 0 unspecified atom stereocenters. The second-order valence-electron chi connectivity index (χ2n) is 6.00. The second kappa shape index (κ2) is 9.90. The summed E-state index contributed by atoms with van der Waals surface area (Å²) in [6, 6.07) is 13.9. The molecular weight excluding hydrogens is 412 g/mol. The van der Waals surface area contributed by atoms with E-state index in [9.17, 15) is 9.59 Å². The molecule has 0 fully saturated rings. The molecule has 3 amide bonds. The van der Waals surface area contributed by atoms with Gasteiger partial charge in [0.2, 0.25) is 5.91 Å². The maximum Gasteiger partial charge on any atom is 0.325 e. The molecule has 0 spiro atoms. The Balaban J connectivity index is 1.49. The van der Waals surface area contributed by atoms with Gasteiger partial charge in [-0.3, -0.25) is 10.1 Å². The molecule has 0 aliphatic carbocycles. The summed E-state index contributed by atoms with van der Waals surface area (Å²) in [7, 11) is 1.59. The number of ether oxygens (including phenoxy) is 1. The summed E-state index contributed by atoms with van der Waals surface area (Å²) in [4.78, 5) is 28.5. The lowest BCUT2D eigenvalue weighted by molar-refractivity contribution is -0.120. The van der Waals surface area contributed by atoms with E-state index in [0.29, 0.717) is 28.1 Å². The normalized spacial score (nSPS) is 10.3. The van der Waals surface area contributed by atoms with Crippen LogP contribution in [0.4, 0.5) is 15.6 Å². The van der Waals surface area contributed by atoms with Crippen LogP contribution in [0.3, 0.4) is 0 Å². The molecule has 0 aliphatic rings. The average molecular weight is 431 g/mol. The van der Waals surface area contributed by atoms with Gasteiger partial charge in [0.15, 0.2) is 5.13 Å². The molecule has 0 atom stereocenters. The molecule has 3 aromatic rings. The summed E-state index contributed by atoms with van der Waals surface area (Å²) >= 11 is 7.14. The molecule has 29 heavy (non-hydrogen) atoms. The summed E-state index contributed by atoms with van der Waals surface area (Å²) in [5.74, 6) is 0.551. The first-order valence-electron chi connectivity index (χ1n) is 8.70. The average Bonchev–Trinajstić information content (AvgIpc) is 3.13. The van der Waals surface area contributed by atoms with E-state index in [1.54, 1.807) is 36.8 Å². The van der Waals surface area contributed by atoms with Gasteiger partial charge in [0.05, 0.1) is 19.2 Å². The zero-order valence-electron chi connectivity index (χ0n) is 15.6. The van der Waals surface area contributed by atoms with E-state index in [1.807, 2.05) is 24.3 Å². The fraction of sp³-hybridized carbons (Fsp3) is 0.150. The van der Waals surface area contributed by atoms with Gasteiger partial charge in [0, 0.05) is 28.2 Å². The zero-order valence-corrected chi connectivity index (χ0v) is 17.1. The molecule has 150 valence electrons. The van der Waals surface area contributed by atoms with Crippen molar-refractivity contribution in [3.05, 3.63) is 70.2 Å². The van der Waals surface area contributed by atoms with Crippen LogP contribution in [0.2, 0.25) is 5.02 Å². The number of hydrogen-bond acceptors (Lipinski definition) is 5. The Morgan fingerprint density at radius 2 is 1.97 bits per heavy atom. The number of hydrogen-bond donors (Lipinski definition) is 3. The van der Waals surface area contributed by atoms with E-state index >= 15 is 0 Å². The van der Waals surface area contributed by atoms with E-state index in [-0.39, 0.29) is 12.3 Å². The summed E-state index contributed by atoms with van der Waals surface area (Å²) in [6.07, 6.45) is 0.114. The quantitative estimate of drug-likeness (QED) is 0.520. The molecule has 1 heterocycles. The molecule has 0 saturated carbocycles. The van der Waals surface area contributed by atoms with Gasteiger partial charge in [-0.25, -0.2) is 9.78 Å². The smallest absolute Gasteiger partial charge is 0.325 e. The van der Waals surface area contributed by atoms with E-state index in [0.717, 1.165) is 11.3 Å². The van der Waals surface area contributed by atoms with Gasteiger partial charge < -0.3 is 15.4 Å². The maximum absolute atomic E-state index is 12.2. The summed E-state index contributed by atoms with van der Waals surface area (Å²) in [5, 5.41) is 10.8. The third kappa shape index (κ3) is 6.20. The number of halogens is 1. The van der Waals surface area contributed by atoms with Crippen molar-refractivity contribution in [1.82, 2.24) is 10.3 Å². The molecule has 1 aromatic heterocycles. The van der Waals surface area contributed by atoms with Crippen molar-refractivity contribution >= 4 is 45.7 Å². The molecule has 0 saturated heterocycles. The standard InChI is InChI=1S/C20H19ClN4O3S/c1-28-17-8-3-2-5-13(17)11-22-18(26)10-16-12-29-20(24-16)25-19(27)23-15-7-4-6-14(21)9-15/h2-9,12H,10-11H2,1H3,(H,22,26)(H2,23,24,25,27). The number of methoxy groups -OCH3 is 1. The first-order valence-corrected chi connectivity index (χ1v) is 9.96. The second-order valence-corrected chi connectivity index (χ2v) is 7.29. The van der Waals surface area contributed by atoms with Crippen LogP contribution in [0.15, 0.2) is 53.9 Å². The number of aromatic nitrogens is 1. The van der Waals surface area contributed by atoms with Crippen molar-refractivity contribution in [2.24, 2.45) is 0 Å². The Morgan fingerprint density at radius 1 is 1.14 bits per heavy atom. The first kappa shape index (κ1) is 20.6. The Morgan fingerprint density at radius 3 is 2.76 bits per heavy atom. The van der Waals surface area contributed by atoms with Crippen LogP contribution in [-0.2, 0) is 17.8 Å². The number of urea groups is 1. The number of carbonyl (C=O) groups excluding carboxylic acids is 2. The molecule has 0 bridgehead atoms. The van der Waals surface area contributed by atoms with Gasteiger partial charge in [-0.05, 0) is 24.3 Å². The number of benzene rings is 2. The predicted octanol–water partition coefficient (Wildman–Crippen LogP) is 4.31. The van der Waals surface area contributed by atoms with Crippen LogP contribution in [0, 0.1) is 0 Å². The highest BCUT2D eigenvalue weighted by atomic mass is 35.5. The minimum absolute atomic E-state index is 0.114. The van der Waals surface area contributed by atoms with Gasteiger partial charge in [-0.2, -0.15) is 0 Å². The molecule has 2 aromatic carbocycles.